The number of amides is 1. The first-order valence-electron chi connectivity index (χ1n) is 3.13. The molecule has 12 heavy (non-hydrogen) atoms. The van der Waals surface area contributed by atoms with Gasteiger partial charge in [0.25, 0.3) is 0 Å². The minimum atomic E-state index is -0.313. The fraction of sp³-hybridized carbons (Fsp3) is 0.143. The van der Waals surface area contributed by atoms with Crippen molar-refractivity contribution in [2.45, 2.75) is 6.42 Å². The van der Waals surface area contributed by atoms with E-state index in [1.807, 2.05) is 0 Å². The van der Waals surface area contributed by atoms with E-state index in [0.29, 0.717) is 10.0 Å². The molecule has 0 radical (unpaired) electrons. The highest BCUT2D eigenvalue weighted by atomic mass is 35.5. The Balaban J connectivity index is 2.53. The topological polar surface area (TPSA) is 52.9 Å². The summed E-state index contributed by atoms with van der Waals surface area (Å²) in [6.07, 6.45) is -0.131. The number of nitriles is 1. The lowest BCUT2D eigenvalue weighted by Crippen LogP contribution is -2.08. The van der Waals surface area contributed by atoms with Crippen LogP contribution in [0.15, 0.2) is 11.4 Å². The zero-order valence-electron chi connectivity index (χ0n) is 6.00. The minimum absolute atomic E-state index is 0.131. The maximum atomic E-state index is 10.8. The summed E-state index contributed by atoms with van der Waals surface area (Å²) in [5.74, 6) is -0.313. The highest BCUT2D eigenvalue weighted by molar-refractivity contribution is 7.14. The highest BCUT2D eigenvalue weighted by Crippen LogP contribution is 2.23. The Morgan fingerprint density at radius 2 is 2.58 bits per heavy atom. The van der Waals surface area contributed by atoms with E-state index in [1.54, 1.807) is 17.5 Å². The van der Waals surface area contributed by atoms with Gasteiger partial charge in [-0.3, -0.25) is 4.79 Å². The van der Waals surface area contributed by atoms with Crippen LogP contribution < -0.4 is 5.32 Å². The summed E-state index contributed by atoms with van der Waals surface area (Å²) in [6, 6.07) is 3.39. The molecule has 1 aromatic heterocycles. The second-order valence-corrected chi connectivity index (χ2v) is 3.57. The van der Waals surface area contributed by atoms with E-state index >= 15 is 0 Å². The van der Waals surface area contributed by atoms with E-state index in [4.69, 9.17) is 16.9 Å². The van der Waals surface area contributed by atoms with Crippen molar-refractivity contribution in [2.75, 3.05) is 5.32 Å². The molecule has 1 rings (SSSR count). The molecule has 0 atom stereocenters. The zero-order chi connectivity index (χ0) is 8.97. The molecule has 3 nitrogen and oxygen atoms in total. The van der Waals surface area contributed by atoms with Gasteiger partial charge in [0.1, 0.15) is 6.42 Å². The molecule has 1 amide bonds. The van der Waals surface area contributed by atoms with E-state index in [-0.39, 0.29) is 12.3 Å². The predicted octanol–water partition coefficient (Wildman–Crippen LogP) is 2.25. The predicted molar refractivity (Wildman–Crippen MR) is 48.2 cm³/mol. The van der Waals surface area contributed by atoms with Crippen LogP contribution in [0.1, 0.15) is 6.42 Å². The number of carbonyl (C=O) groups excluding carboxylic acids is 1. The van der Waals surface area contributed by atoms with Crippen molar-refractivity contribution in [3.05, 3.63) is 15.8 Å². The molecule has 0 unspecified atom stereocenters. The van der Waals surface area contributed by atoms with E-state index in [0.717, 1.165) is 0 Å². The van der Waals surface area contributed by atoms with Gasteiger partial charge in [0, 0.05) is 5.38 Å². The van der Waals surface area contributed by atoms with Crippen LogP contribution in [0.4, 0.5) is 5.69 Å². The van der Waals surface area contributed by atoms with Gasteiger partial charge >= 0.3 is 0 Å². The smallest absolute Gasteiger partial charge is 0.238 e. The molecule has 0 aliphatic carbocycles. The Morgan fingerprint density at radius 3 is 3.08 bits per heavy atom. The number of hydrogen-bond donors (Lipinski definition) is 1. The van der Waals surface area contributed by atoms with E-state index in [2.05, 4.69) is 5.32 Å². The molecule has 0 saturated heterocycles. The lowest BCUT2D eigenvalue weighted by Gasteiger charge is -1.95. The number of rotatable bonds is 2. The maximum Gasteiger partial charge on any atom is 0.238 e. The Kier molecular flexibility index (Phi) is 3.09. The molecule has 1 heterocycles. The SMILES string of the molecule is N#CCC(=O)Nc1csc(Cl)c1. The van der Waals surface area contributed by atoms with Gasteiger partial charge in [-0.1, -0.05) is 11.6 Å². The molecular formula is C7H5ClN2OS. The van der Waals surface area contributed by atoms with Gasteiger partial charge in [-0.15, -0.1) is 11.3 Å². The average molecular weight is 201 g/mol. The Bertz CT molecular complexity index is 328. The Morgan fingerprint density at radius 1 is 1.83 bits per heavy atom. The van der Waals surface area contributed by atoms with Crippen LogP contribution in [-0.4, -0.2) is 5.91 Å². The van der Waals surface area contributed by atoms with Gasteiger partial charge in [-0.25, -0.2) is 0 Å². The van der Waals surface area contributed by atoms with Crippen molar-refractivity contribution in [3.8, 4) is 6.07 Å². The van der Waals surface area contributed by atoms with Crippen molar-refractivity contribution >= 4 is 34.5 Å². The molecule has 0 aliphatic rings. The minimum Gasteiger partial charge on any atom is -0.324 e. The zero-order valence-corrected chi connectivity index (χ0v) is 7.58. The van der Waals surface area contributed by atoms with Gasteiger partial charge in [-0.05, 0) is 6.07 Å². The molecule has 1 aromatic rings. The van der Waals surface area contributed by atoms with Crippen LogP contribution >= 0.6 is 22.9 Å². The lowest BCUT2D eigenvalue weighted by molar-refractivity contribution is -0.115. The monoisotopic (exact) mass is 200 g/mol. The van der Waals surface area contributed by atoms with Crippen LogP contribution in [0.5, 0.6) is 0 Å². The first-order chi connectivity index (χ1) is 5.72. The molecule has 0 spiro atoms. The molecule has 0 fully saturated rings. The lowest BCUT2D eigenvalue weighted by atomic mass is 10.4. The molecule has 5 heteroatoms. The average Bonchev–Trinajstić information content (AvgIpc) is 2.36. The first kappa shape index (κ1) is 9.04. The second kappa shape index (κ2) is 4.10. The summed E-state index contributed by atoms with van der Waals surface area (Å²) in [5, 5.41) is 12.4. The summed E-state index contributed by atoms with van der Waals surface area (Å²) in [5.41, 5.74) is 0.644. The van der Waals surface area contributed by atoms with E-state index in [9.17, 15) is 4.79 Å². The molecule has 0 aliphatic heterocycles. The van der Waals surface area contributed by atoms with Crippen molar-refractivity contribution in [2.24, 2.45) is 0 Å². The molecular weight excluding hydrogens is 196 g/mol. The number of anilines is 1. The first-order valence-corrected chi connectivity index (χ1v) is 4.39. The maximum absolute atomic E-state index is 10.8. The number of thiophene rings is 1. The molecule has 0 aromatic carbocycles. The third-order valence-electron chi connectivity index (χ3n) is 1.09. The van der Waals surface area contributed by atoms with Crippen molar-refractivity contribution in [1.29, 1.82) is 5.26 Å². The summed E-state index contributed by atoms with van der Waals surface area (Å²) >= 11 is 6.96. The molecule has 0 saturated carbocycles. The normalized spacial score (nSPS) is 9.00. The second-order valence-electron chi connectivity index (χ2n) is 2.02. The fourth-order valence-electron chi connectivity index (χ4n) is 0.653. The fourth-order valence-corrected chi connectivity index (χ4v) is 1.47. The van der Waals surface area contributed by atoms with Crippen molar-refractivity contribution in [1.82, 2.24) is 0 Å². The van der Waals surface area contributed by atoms with Crippen LogP contribution in [0.25, 0.3) is 0 Å². The van der Waals surface area contributed by atoms with Crippen LogP contribution in [0.2, 0.25) is 4.34 Å². The van der Waals surface area contributed by atoms with Gasteiger partial charge in [0.2, 0.25) is 5.91 Å². The molecule has 62 valence electrons. The third kappa shape index (κ3) is 2.53. The van der Waals surface area contributed by atoms with Gasteiger partial charge in [0.05, 0.1) is 16.1 Å². The standard InChI is InChI=1S/C7H5ClN2OS/c8-6-3-5(4-12-6)10-7(11)1-2-9/h3-4H,1H2,(H,10,11). The number of nitrogens with zero attached hydrogens (tertiary/aromatic N) is 1. The summed E-state index contributed by atoms with van der Waals surface area (Å²) in [6.45, 7) is 0. The summed E-state index contributed by atoms with van der Waals surface area (Å²) < 4.78 is 0.613. The highest BCUT2D eigenvalue weighted by Gasteiger charge is 2.02. The molecule has 0 bridgehead atoms. The Labute approximate surface area is 78.6 Å². The van der Waals surface area contributed by atoms with Crippen LogP contribution in [0.3, 0.4) is 0 Å². The quantitative estimate of drug-likeness (QED) is 0.796. The van der Waals surface area contributed by atoms with Crippen molar-refractivity contribution in [3.63, 3.8) is 0 Å². The number of carbonyl (C=O) groups is 1. The number of hydrogen-bond acceptors (Lipinski definition) is 3. The number of nitrogens with one attached hydrogen (secondary N) is 1. The third-order valence-corrected chi connectivity index (χ3v) is 2.18. The largest absolute Gasteiger partial charge is 0.324 e. The van der Waals surface area contributed by atoms with Crippen LogP contribution in [-0.2, 0) is 4.79 Å². The van der Waals surface area contributed by atoms with E-state index < -0.39 is 0 Å². The number of halogens is 1. The van der Waals surface area contributed by atoms with Gasteiger partial charge < -0.3 is 5.32 Å². The summed E-state index contributed by atoms with van der Waals surface area (Å²) in [4.78, 5) is 10.8. The Hall–Kier alpha value is -1.05. The van der Waals surface area contributed by atoms with Crippen molar-refractivity contribution < 1.29 is 4.79 Å². The van der Waals surface area contributed by atoms with Crippen LogP contribution in [0, 0.1) is 11.3 Å². The molecule has 1 N–H and O–H groups in total. The van der Waals surface area contributed by atoms with E-state index in [1.165, 1.54) is 11.3 Å². The van der Waals surface area contributed by atoms with Gasteiger partial charge in [-0.2, -0.15) is 5.26 Å². The summed E-state index contributed by atoms with van der Waals surface area (Å²) in [7, 11) is 0. The van der Waals surface area contributed by atoms with Gasteiger partial charge in [0.15, 0.2) is 0 Å².